The molecule has 2 heterocycles. The number of hydrogen-bond acceptors (Lipinski definition) is 5. The summed E-state index contributed by atoms with van der Waals surface area (Å²) < 4.78 is 26.8. The summed E-state index contributed by atoms with van der Waals surface area (Å²) in [5, 5.41) is 19.1. The molecule has 3 atom stereocenters. The molecule has 6 nitrogen and oxygen atoms in total. The fraction of sp³-hybridized carbons (Fsp3) is 0.458. The van der Waals surface area contributed by atoms with Gasteiger partial charge in [0.2, 0.25) is 10.0 Å². The molecule has 7 heteroatoms. The van der Waals surface area contributed by atoms with Gasteiger partial charge in [-0.05, 0) is 55.1 Å². The van der Waals surface area contributed by atoms with E-state index in [1.807, 2.05) is 24.3 Å². The number of sulfonamides is 1. The van der Waals surface area contributed by atoms with Crippen LogP contribution in [0.1, 0.15) is 36.8 Å². The van der Waals surface area contributed by atoms with Crippen LogP contribution in [0.5, 0.6) is 0 Å². The molecular weight excluding hydrogens is 410 g/mol. The summed E-state index contributed by atoms with van der Waals surface area (Å²) in [6.07, 6.45) is 1.79. The average molecular weight is 440 g/mol. The van der Waals surface area contributed by atoms with E-state index in [1.165, 1.54) is 0 Å². The Bertz CT molecular complexity index is 1040. The molecular formula is C24H29N3O3S. The van der Waals surface area contributed by atoms with E-state index in [-0.39, 0.29) is 30.4 Å². The Hall–Kier alpha value is -2.24. The Labute approximate surface area is 184 Å². The second-order valence-electron chi connectivity index (χ2n) is 8.36. The van der Waals surface area contributed by atoms with Crippen molar-refractivity contribution >= 4 is 10.0 Å². The maximum absolute atomic E-state index is 12.6. The fourth-order valence-electron chi connectivity index (χ4n) is 4.98. The summed E-state index contributed by atoms with van der Waals surface area (Å²) in [4.78, 5) is 2.29. The van der Waals surface area contributed by atoms with E-state index in [0.717, 1.165) is 36.1 Å². The fourth-order valence-corrected chi connectivity index (χ4v) is 6.13. The van der Waals surface area contributed by atoms with Gasteiger partial charge >= 0.3 is 0 Å². The number of nitriles is 1. The Morgan fingerprint density at radius 3 is 2.23 bits per heavy atom. The molecule has 31 heavy (non-hydrogen) atoms. The van der Waals surface area contributed by atoms with Gasteiger partial charge in [0.05, 0.1) is 24.0 Å². The van der Waals surface area contributed by atoms with Gasteiger partial charge in [0.25, 0.3) is 0 Å². The van der Waals surface area contributed by atoms with Gasteiger partial charge in [0, 0.05) is 31.1 Å². The van der Waals surface area contributed by atoms with Crippen LogP contribution < -0.4 is 0 Å². The smallest absolute Gasteiger partial charge is 0.213 e. The van der Waals surface area contributed by atoms with Gasteiger partial charge in [-0.25, -0.2) is 12.7 Å². The van der Waals surface area contributed by atoms with Crippen LogP contribution in [0.25, 0.3) is 11.1 Å². The van der Waals surface area contributed by atoms with Crippen LogP contribution in [0.2, 0.25) is 0 Å². The number of nitrogens with zero attached hydrogens (tertiary/aromatic N) is 3. The predicted octanol–water partition coefficient (Wildman–Crippen LogP) is 2.80. The average Bonchev–Trinajstić information content (AvgIpc) is 2.78. The minimum absolute atomic E-state index is 0.0232. The molecule has 1 N–H and O–H groups in total. The van der Waals surface area contributed by atoms with Crippen molar-refractivity contribution < 1.29 is 13.5 Å². The van der Waals surface area contributed by atoms with Crippen molar-refractivity contribution in [2.75, 3.05) is 32.0 Å². The lowest BCUT2D eigenvalue weighted by Gasteiger charge is -2.57. The minimum Gasteiger partial charge on any atom is -0.395 e. The molecule has 4 rings (SSSR count). The zero-order chi connectivity index (χ0) is 22.0. The van der Waals surface area contributed by atoms with Gasteiger partial charge < -0.3 is 5.11 Å². The lowest BCUT2D eigenvalue weighted by molar-refractivity contribution is -0.0553. The van der Waals surface area contributed by atoms with Crippen LogP contribution in [0.3, 0.4) is 0 Å². The second-order valence-corrected chi connectivity index (χ2v) is 10.6. The van der Waals surface area contributed by atoms with Gasteiger partial charge in [-0.15, -0.1) is 0 Å². The Kier molecular flexibility index (Phi) is 6.44. The molecule has 2 fully saturated rings. The van der Waals surface area contributed by atoms with Crippen LogP contribution in [-0.2, 0) is 10.0 Å². The van der Waals surface area contributed by atoms with Crippen molar-refractivity contribution in [3.8, 4) is 17.2 Å². The number of hydrogen-bond donors (Lipinski definition) is 1. The normalized spacial score (nSPS) is 25.0. The van der Waals surface area contributed by atoms with Crippen LogP contribution in [0.4, 0.5) is 0 Å². The second kappa shape index (κ2) is 9.09. The third kappa shape index (κ3) is 4.26. The summed E-state index contributed by atoms with van der Waals surface area (Å²) in [5.41, 5.74) is 3.88. The van der Waals surface area contributed by atoms with E-state index in [2.05, 4.69) is 35.2 Å². The van der Waals surface area contributed by atoms with E-state index in [0.29, 0.717) is 18.7 Å². The largest absolute Gasteiger partial charge is 0.395 e. The molecule has 0 radical (unpaired) electrons. The zero-order valence-electron chi connectivity index (χ0n) is 17.8. The van der Waals surface area contributed by atoms with Crippen molar-refractivity contribution in [3.05, 3.63) is 59.7 Å². The molecule has 0 aliphatic carbocycles. The zero-order valence-corrected chi connectivity index (χ0v) is 18.6. The van der Waals surface area contributed by atoms with Gasteiger partial charge in [-0.2, -0.15) is 5.26 Å². The van der Waals surface area contributed by atoms with Crippen molar-refractivity contribution in [1.82, 2.24) is 9.21 Å². The van der Waals surface area contributed by atoms with Crippen molar-refractivity contribution in [3.63, 3.8) is 0 Å². The lowest BCUT2D eigenvalue weighted by atomic mass is 9.74. The molecule has 2 aromatic rings. The highest BCUT2D eigenvalue weighted by Gasteiger charge is 2.49. The standard InChI is InChI=1S/C24H29N3O3S/c1-2-31(29,30)26-13-3-4-14-27-22(16-26)24(23(27)17-28)21-11-9-20(10-12-21)19-7-5-18(15-25)6-8-19/h5-12,22-24,28H,2-4,13-14,16-17H2,1H3/t22-,23-,24+/m1/s1. The Morgan fingerprint density at radius 2 is 1.65 bits per heavy atom. The molecule has 0 saturated carbocycles. The molecule has 2 aliphatic rings. The van der Waals surface area contributed by atoms with E-state index >= 15 is 0 Å². The first-order valence-electron chi connectivity index (χ1n) is 10.9. The van der Waals surface area contributed by atoms with Crippen LogP contribution in [0, 0.1) is 11.3 Å². The monoisotopic (exact) mass is 439 g/mol. The third-order valence-electron chi connectivity index (χ3n) is 6.73. The van der Waals surface area contributed by atoms with Crippen LogP contribution >= 0.6 is 0 Å². The van der Waals surface area contributed by atoms with Crippen molar-refractivity contribution in [2.45, 2.75) is 37.8 Å². The Morgan fingerprint density at radius 1 is 1.03 bits per heavy atom. The minimum atomic E-state index is -3.24. The highest BCUT2D eigenvalue weighted by atomic mass is 32.2. The quantitative estimate of drug-likeness (QED) is 0.774. The molecule has 2 aromatic carbocycles. The highest BCUT2D eigenvalue weighted by Crippen LogP contribution is 2.42. The van der Waals surface area contributed by atoms with Crippen molar-refractivity contribution in [1.29, 1.82) is 5.26 Å². The first-order valence-corrected chi connectivity index (χ1v) is 12.5. The van der Waals surface area contributed by atoms with Gasteiger partial charge in [-0.1, -0.05) is 36.4 Å². The highest BCUT2D eigenvalue weighted by molar-refractivity contribution is 7.89. The lowest BCUT2D eigenvalue weighted by Crippen LogP contribution is -2.67. The number of aliphatic hydroxyl groups is 1. The van der Waals surface area contributed by atoms with E-state index in [4.69, 9.17) is 5.26 Å². The summed E-state index contributed by atoms with van der Waals surface area (Å²) >= 11 is 0. The summed E-state index contributed by atoms with van der Waals surface area (Å²) in [6, 6.07) is 18.1. The molecule has 0 unspecified atom stereocenters. The molecule has 0 amide bonds. The van der Waals surface area contributed by atoms with Gasteiger partial charge in [0.1, 0.15) is 0 Å². The van der Waals surface area contributed by atoms with E-state index in [1.54, 1.807) is 11.2 Å². The number of rotatable bonds is 5. The van der Waals surface area contributed by atoms with Crippen LogP contribution in [0.15, 0.2) is 48.5 Å². The first-order chi connectivity index (χ1) is 15.0. The molecule has 0 aromatic heterocycles. The molecule has 0 spiro atoms. The number of aliphatic hydroxyl groups excluding tert-OH is 1. The molecule has 0 bridgehead atoms. The summed E-state index contributed by atoms with van der Waals surface area (Å²) in [7, 11) is -3.24. The number of fused-ring (bicyclic) bond motifs is 1. The predicted molar refractivity (Wildman–Crippen MR) is 121 cm³/mol. The molecule has 164 valence electrons. The van der Waals surface area contributed by atoms with Crippen LogP contribution in [-0.4, -0.2) is 66.8 Å². The van der Waals surface area contributed by atoms with Gasteiger partial charge in [0.15, 0.2) is 0 Å². The first kappa shape index (κ1) is 22.0. The SMILES string of the molecule is CCS(=O)(=O)N1CCCCN2[C@H](CO)[C@@H](c3ccc(-c4ccc(C#N)cc4)cc3)[C@H]2C1. The van der Waals surface area contributed by atoms with E-state index < -0.39 is 10.0 Å². The summed E-state index contributed by atoms with van der Waals surface area (Å²) in [6.45, 7) is 3.72. The maximum Gasteiger partial charge on any atom is 0.213 e. The van der Waals surface area contributed by atoms with E-state index in [9.17, 15) is 13.5 Å². The third-order valence-corrected chi connectivity index (χ3v) is 8.58. The molecule has 2 aliphatic heterocycles. The van der Waals surface area contributed by atoms with Crippen molar-refractivity contribution in [2.24, 2.45) is 0 Å². The number of benzene rings is 2. The van der Waals surface area contributed by atoms with Gasteiger partial charge in [-0.3, -0.25) is 4.90 Å². The Balaban J connectivity index is 1.58. The molecule has 2 saturated heterocycles. The summed E-state index contributed by atoms with van der Waals surface area (Å²) in [5.74, 6) is 0.222. The maximum atomic E-state index is 12.6. The topological polar surface area (TPSA) is 84.6 Å².